The molecule has 0 spiro atoms. The SMILES string of the molecule is NC(=O)[C@@H](CC(=O)OCc1ccccc1)n1cc(-c2ccc(-c3ccccc3)cc2)cn1. The Labute approximate surface area is 186 Å². The van der Waals surface area contributed by atoms with Gasteiger partial charge in [-0.1, -0.05) is 84.9 Å². The van der Waals surface area contributed by atoms with Gasteiger partial charge in [-0.05, 0) is 22.3 Å². The van der Waals surface area contributed by atoms with E-state index in [0.717, 1.165) is 27.8 Å². The number of primary amides is 1. The Morgan fingerprint density at radius 2 is 1.38 bits per heavy atom. The van der Waals surface area contributed by atoms with E-state index >= 15 is 0 Å². The molecule has 1 aromatic heterocycles. The van der Waals surface area contributed by atoms with Gasteiger partial charge in [0, 0.05) is 11.8 Å². The minimum absolute atomic E-state index is 0.142. The third-order valence-corrected chi connectivity index (χ3v) is 5.18. The molecule has 1 atom stereocenters. The zero-order valence-corrected chi connectivity index (χ0v) is 17.4. The first-order valence-electron chi connectivity index (χ1n) is 10.3. The molecule has 1 amide bonds. The zero-order chi connectivity index (χ0) is 22.3. The van der Waals surface area contributed by atoms with Gasteiger partial charge < -0.3 is 10.5 Å². The van der Waals surface area contributed by atoms with Gasteiger partial charge in [0.25, 0.3) is 0 Å². The second-order valence-corrected chi connectivity index (χ2v) is 7.42. The molecule has 4 rings (SSSR count). The van der Waals surface area contributed by atoms with Crippen LogP contribution in [0, 0.1) is 0 Å². The van der Waals surface area contributed by atoms with E-state index in [1.807, 2.05) is 72.8 Å². The van der Waals surface area contributed by atoms with E-state index in [2.05, 4.69) is 17.2 Å². The van der Waals surface area contributed by atoms with Crippen molar-refractivity contribution < 1.29 is 14.3 Å². The van der Waals surface area contributed by atoms with Gasteiger partial charge in [-0.3, -0.25) is 14.3 Å². The van der Waals surface area contributed by atoms with E-state index in [1.165, 1.54) is 4.68 Å². The lowest BCUT2D eigenvalue weighted by Crippen LogP contribution is -2.29. The first kappa shape index (κ1) is 21.1. The van der Waals surface area contributed by atoms with Gasteiger partial charge in [0.05, 0.1) is 12.6 Å². The highest BCUT2D eigenvalue weighted by Gasteiger charge is 2.23. The van der Waals surface area contributed by atoms with Gasteiger partial charge in [-0.15, -0.1) is 0 Å². The molecule has 4 aromatic rings. The Morgan fingerprint density at radius 3 is 2.00 bits per heavy atom. The van der Waals surface area contributed by atoms with Crippen molar-refractivity contribution in [2.24, 2.45) is 5.73 Å². The van der Waals surface area contributed by atoms with Crippen LogP contribution in [-0.2, 0) is 20.9 Å². The van der Waals surface area contributed by atoms with Crippen molar-refractivity contribution in [2.75, 3.05) is 0 Å². The Hall–Kier alpha value is -4.19. The van der Waals surface area contributed by atoms with Gasteiger partial charge in [0.15, 0.2) is 0 Å². The first-order valence-corrected chi connectivity index (χ1v) is 10.3. The Kier molecular flexibility index (Phi) is 6.41. The molecule has 2 N–H and O–H groups in total. The lowest BCUT2D eigenvalue weighted by Gasteiger charge is -2.13. The highest BCUT2D eigenvalue weighted by molar-refractivity contribution is 5.84. The van der Waals surface area contributed by atoms with Crippen molar-refractivity contribution >= 4 is 11.9 Å². The molecule has 0 fully saturated rings. The normalized spacial score (nSPS) is 11.6. The standard InChI is InChI=1S/C26H23N3O3/c27-26(31)24(15-25(30)32-18-19-7-3-1-4-8-19)29-17-23(16-28-29)22-13-11-21(12-14-22)20-9-5-2-6-10-20/h1-14,16-17,24H,15,18H2,(H2,27,31)/t24-/m1/s1. The smallest absolute Gasteiger partial charge is 0.308 e. The topological polar surface area (TPSA) is 87.2 Å². The molecule has 0 aliphatic heterocycles. The monoisotopic (exact) mass is 425 g/mol. The van der Waals surface area contributed by atoms with Gasteiger partial charge in [-0.25, -0.2) is 0 Å². The number of nitrogens with zero attached hydrogens (tertiary/aromatic N) is 2. The summed E-state index contributed by atoms with van der Waals surface area (Å²) in [4.78, 5) is 24.3. The average Bonchev–Trinajstić information content (AvgIpc) is 3.32. The molecule has 0 aliphatic carbocycles. The van der Waals surface area contributed by atoms with Crippen molar-refractivity contribution in [2.45, 2.75) is 19.1 Å². The van der Waals surface area contributed by atoms with E-state index in [0.29, 0.717) is 0 Å². The number of carbonyl (C=O) groups excluding carboxylic acids is 2. The van der Waals surface area contributed by atoms with Crippen LogP contribution in [-0.4, -0.2) is 21.7 Å². The summed E-state index contributed by atoms with van der Waals surface area (Å²) in [5.74, 6) is -1.15. The van der Waals surface area contributed by atoms with Crippen molar-refractivity contribution in [3.8, 4) is 22.3 Å². The van der Waals surface area contributed by atoms with E-state index in [-0.39, 0.29) is 13.0 Å². The molecule has 0 saturated heterocycles. The van der Waals surface area contributed by atoms with E-state index in [1.54, 1.807) is 12.4 Å². The van der Waals surface area contributed by atoms with Crippen molar-refractivity contribution in [1.29, 1.82) is 0 Å². The third-order valence-electron chi connectivity index (χ3n) is 5.18. The number of esters is 1. The molecule has 0 radical (unpaired) electrons. The average molecular weight is 425 g/mol. The van der Waals surface area contributed by atoms with Crippen molar-refractivity contribution in [3.63, 3.8) is 0 Å². The van der Waals surface area contributed by atoms with Crippen molar-refractivity contribution in [3.05, 3.63) is 103 Å². The van der Waals surface area contributed by atoms with Gasteiger partial charge in [0.2, 0.25) is 5.91 Å². The number of hydrogen-bond acceptors (Lipinski definition) is 4. The molecule has 160 valence electrons. The fraction of sp³-hybridized carbons (Fsp3) is 0.115. The quantitative estimate of drug-likeness (QED) is 0.425. The molecule has 0 bridgehead atoms. The number of aromatic nitrogens is 2. The number of rotatable bonds is 8. The van der Waals surface area contributed by atoms with Crippen LogP contribution in [0.15, 0.2) is 97.3 Å². The van der Waals surface area contributed by atoms with Crippen LogP contribution in [0.1, 0.15) is 18.0 Å². The van der Waals surface area contributed by atoms with E-state index in [9.17, 15) is 9.59 Å². The molecule has 6 heteroatoms. The highest BCUT2D eigenvalue weighted by atomic mass is 16.5. The minimum Gasteiger partial charge on any atom is -0.461 e. The molecule has 0 unspecified atom stereocenters. The van der Waals surface area contributed by atoms with E-state index < -0.39 is 17.9 Å². The molecule has 1 heterocycles. The maximum absolute atomic E-state index is 12.3. The molecule has 3 aromatic carbocycles. The number of ether oxygens (including phenoxy) is 1. The van der Waals surface area contributed by atoms with Crippen LogP contribution in [0.25, 0.3) is 22.3 Å². The summed E-state index contributed by atoms with van der Waals surface area (Å²) in [5, 5.41) is 4.27. The van der Waals surface area contributed by atoms with Crippen LogP contribution in [0.5, 0.6) is 0 Å². The van der Waals surface area contributed by atoms with Crippen LogP contribution < -0.4 is 5.73 Å². The first-order chi connectivity index (χ1) is 15.6. The summed E-state index contributed by atoms with van der Waals surface area (Å²) in [7, 11) is 0. The second kappa shape index (κ2) is 9.75. The number of amides is 1. The lowest BCUT2D eigenvalue weighted by molar-refractivity contribution is -0.147. The Balaban J connectivity index is 1.44. The third kappa shape index (κ3) is 5.10. The van der Waals surface area contributed by atoms with Crippen LogP contribution in [0.3, 0.4) is 0 Å². The highest BCUT2D eigenvalue weighted by Crippen LogP contribution is 2.25. The Bertz CT molecular complexity index is 1190. The molecule has 32 heavy (non-hydrogen) atoms. The van der Waals surface area contributed by atoms with Gasteiger partial charge in [-0.2, -0.15) is 5.10 Å². The minimum atomic E-state index is -0.921. The summed E-state index contributed by atoms with van der Waals surface area (Å²) in [6.45, 7) is 0.142. The maximum atomic E-state index is 12.3. The zero-order valence-electron chi connectivity index (χ0n) is 17.4. The van der Waals surface area contributed by atoms with Crippen LogP contribution in [0.4, 0.5) is 0 Å². The lowest BCUT2D eigenvalue weighted by atomic mass is 10.0. The van der Waals surface area contributed by atoms with Crippen LogP contribution in [0.2, 0.25) is 0 Å². The number of carbonyl (C=O) groups is 2. The summed E-state index contributed by atoms with van der Waals surface area (Å²) >= 11 is 0. The summed E-state index contributed by atoms with van der Waals surface area (Å²) < 4.78 is 6.71. The summed E-state index contributed by atoms with van der Waals surface area (Å²) in [6, 6.07) is 26.6. The summed E-state index contributed by atoms with van der Waals surface area (Å²) in [6.07, 6.45) is 3.19. The Morgan fingerprint density at radius 1 is 0.812 bits per heavy atom. The molecular weight excluding hydrogens is 402 g/mol. The number of hydrogen-bond donors (Lipinski definition) is 1. The molecule has 6 nitrogen and oxygen atoms in total. The number of nitrogens with two attached hydrogens (primary N) is 1. The predicted molar refractivity (Wildman–Crippen MR) is 122 cm³/mol. The van der Waals surface area contributed by atoms with Gasteiger partial charge in [0.1, 0.15) is 12.6 Å². The fourth-order valence-electron chi connectivity index (χ4n) is 3.42. The molecular formula is C26H23N3O3. The number of benzene rings is 3. The predicted octanol–water partition coefficient (Wildman–Crippen LogP) is 4.38. The second-order valence-electron chi connectivity index (χ2n) is 7.42. The van der Waals surface area contributed by atoms with Crippen molar-refractivity contribution in [1.82, 2.24) is 9.78 Å². The summed E-state index contributed by atoms with van der Waals surface area (Å²) in [5.41, 5.74) is 10.4. The van der Waals surface area contributed by atoms with E-state index in [4.69, 9.17) is 10.5 Å². The molecule has 0 aliphatic rings. The largest absolute Gasteiger partial charge is 0.461 e. The maximum Gasteiger partial charge on any atom is 0.308 e. The van der Waals surface area contributed by atoms with Gasteiger partial charge >= 0.3 is 5.97 Å². The molecule has 0 saturated carbocycles. The van der Waals surface area contributed by atoms with Crippen LogP contribution >= 0.6 is 0 Å². The fourth-order valence-corrected chi connectivity index (χ4v) is 3.42.